The molecule has 0 radical (unpaired) electrons. The van der Waals surface area contributed by atoms with Crippen LogP contribution < -0.4 is 5.56 Å². The van der Waals surface area contributed by atoms with Crippen LogP contribution in [0.25, 0.3) is 10.9 Å². The Labute approximate surface area is 107 Å². The lowest BCUT2D eigenvalue weighted by Crippen LogP contribution is -2.13. The number of fused-ring (bicyclic) bond motifs is 1. The zero-order valence-corrected chi connectivity index (χ0v) is 10.5. The number of nitrogens with one attached hydrogen (secondary N) is 1. The Morgan fingerprint density at radius 3 is 2.94 bits per heavy atom. The van der Waals surface area contributed by atoms with E-state index >= 15 is 0 Å². The van der Waals surface area contributed by atoms with Crippen molar-refractivity contribution in [3.05, 3.63) is 40.4 Å². The maximum Gasteiger partial charge on any atom is 0.313 e. The van der Waals surface area contributed by atoms with Gasteiger partial charge in [-0.3, -0.25) is 9.59 Å². The maximum absolute atomic E-state index is 11.8. The summed E-state index contributed by atoms with van der Waals surface area (Å²) >= 11 is 1.22. The van der Waals surface area contributed by atoms with E-state index in [1.807, 2.05) is 13.0 Å². The van der Waals surface area contributed by atoms with E-state index < -0.39 is 5.97 Å². The monoisotopic (exact) mass is 264 g/mol. The van der Waals surface area contributed by atoms with Gasteiger partial charge in [-0.2, -0.15) is 0 Å². The third-order valence-electron chi connectivity index (χ3n) is 2.47. The smallest absolute Gasteiger partial charge is 0.313 e. The Morgan fingerprint density at radius 1 is 1.50 bits per heavy atom. The van der Waals surface area contributed by atoms with Crippen molar-refractivity contribution in [3.8, 4) is 0 Å². The molecule has 2 aromatic rings. The molecule has 6 heteroatoms. The number of hydrogen-bond acceptors (Lipinski definition) is 4. The number of nitrogens with zero attached hydrogens (tertiary/aromatic N) is 1. The van der Waals surface area contributed by atoms with Crippen LogP contribution in [0, 0.1) is 0 Å². The molecule has 1 unspecified atom stereocenters. The molecule has 1 aromatic heterocycles. The van der Waals surface area contributed by atoms with E-state index in [2.05, 4.69) is 9.97 Å². The number of para-hydroxylation sites is 1. The van der Waals surface area contributed by atoms with Crippen LogP contribution in [0.15, 0.2) is 29.1 Å². The fraction of sp³-hybridized carbons (Fsp3) is 0.250. The molecule has 0 bridgehead atoms. The first-order valence-electron chi connectivity index (χ1n) is 5.40. The summed E-state index contributed by atoms with van der Waals surface area (Å²) in [5, 5.41) is 8.99. The van der Waals surface area contributed by atoms with Gasteiger partial charge >= 0.3 is 5.97 Å². The second kappa shape index (κ2) is 5.22. The Hall–Kier alpha value is -1.82. The zero-order chi connectivity index (χ0) is 13.1. The van der Waals surface area contributed by atoms with Gasteiger partial charge in [0.1, 0.15) is 5.82 Å². The van der Waals surface area contributed by atoms with E-state index in [1.54, 1.807) is 18.2 Å². The minimum Gasteiger partial charge on any atom is -0.481 e. The minimum absolute atomic E-state index is 0.0162. The molecule has 2 N–H and O–H groups in total. The number of rotatable bonds is 4. The molecule has 2 rings (SSSR count). The predicted octanol–water partition coefficient (Wildman–Crippen LogP) is 1.80. The highest BCUT2D eigenvalue weighted by molar-refractivity contribution is 8.00. The van der Waals surface area contributed by atoms with Crippen molar-refractivity contribution in [1.82, 2.24) is 9.97 Å². The van der Waals surface area contributed by atoms with Gasteiger partial charge in [0, 0.05) is 0 Å². The number of aliphatic carboxylic acids is 1. The molecule has 0 fully saturated rings. The lowest BCUT2D eigenvalue weighted by atomic mass is 10.2. The summed E-state index contributed by atoms with van der Waals surface area (Å²) in [6, 6.07) is 7.07. The number of aromatic amines is 1. The van der Waals surface area contributed by atoms with E-state index in [0.717, 1.165) is 0 Å². The highest BCUT2D eigenvalue weighted by Crippen LogP contribution is 2.25. The molecule has 5 nitrogen and oxygen atoms in total. The van der Waals surface area contributed by atoms with E-state index in [4.69, 9.17) is 5.11 Å². The average Bonchev–Trinajstić information content (AvgIpc) is 2.36. The van der Waals surface area contributed by atoms with Crippen molar-refractivity contribution in [3.63, 3.8) is 0 Å². The Balaban J connectivity index is 2.34. The molecule has 0 saturated carbocycles. The second-order valence-electron chi connectivity index (χ2n) is 3.82. The fourth-order valence-corrected chi connectivity index (χ4v) is 2.23. The summed E-state index contributed by atoms with van der Waals surface area (Å²) in [5.74, 6) is -0.391. The molecule has 0 spiro atoms. The molecule has 1 aromatic carbocycles. The summed E-state index contributed by atoms with van der Waals surface area (Å²) in [6.07, 6.45) is 0. The highest BCUT2D eigenvalue weighted by Gasteiger charge is 2.12. The van der Waals surface area contributed by atoms with E-state index in [0.29, 0.717) is 16.7 Å². The molecule has 94 valence electrons. The molecular weight excluding hydrogens is 252 g/mol. The standard InChI is InChI=1S/C12H12N2O3S/c1-7(18-6-10(15)16)11-13-9-5-3-2-4-8(9)12(17)14-11/h2-5,7H,6H2,1H3,(H,15,16)(H,13,14,17). The Bertz CT molecular complexity index is 639. The van der Waals surface area contributed by atoms with E-state index in [1.165, 1.54) is 11.8 Å². The van der Waals surface area contributed by atoms with Gasteiger partial charge in [0.15, 0.2) is 0 Å². The summed E-state index contributed by atoms with van der Waals surface area (Å²) in [6.45, 7) is 1.82. The number of benzene rings is 1. The number of carboxylic acids is 1. The molecule has 18 heavy (non-hydrogen) atoms. The van der Waals surface area contributed by atoms with Crippen LogP contribution in [-0.2, 0) is 4.79 Å². The van der Waals surface area contributed by atoms with Gasteiger partial charge in [-0.25, -0.2) is 4.98 Å². The minimum atomic E-state index is -0.880. The van der Waals surface area contributed by atoms with Crippen molar-refractivity contribution < 1.29 is 9.90 Å². The van der Waals surface area contributed by atoms with Crippen LogP contribution in [0.3, 0.4) is 0 Å². The second-order valence-corrected chi connectivity index (χ2v) is 5.14. The van der Waals surface area contributed by atoms with E-state index in [-0.39, 0.29) is 16.6 Å². The third-order valence-corrected chi connectivity index (χ3v) is 3.61. The van der Waals surface area contributed by atoms with Crippen LogP contribution in [-0.4, -0.2) is 26.8 Å². The Kier molecular flexibility index (Phi) is 3.66. The number of H-pyrrole nitrogens is 1. The first-order chi connectivity index (χ1) is 8.58. The van der Waals surface area contributed by atoms with Crippen molar-refractivity contribution in [2.75, 3.05) is 5.75 Å². The largest absolute Gasteiger partial charge is 0.481 e. The number of thioether (sulfide) groups is 1. The van der Waals surface area contributed by atoms with Crippen molar-refractivity contribution in [1.29, 1.82) is 0 Å². The molecule has 1 atom stereocenters. The lowest BCUT2D eigenvalue weighted by molar-refractivity contribution is -0.133. The van der Waals surface area contributed by atoms with Crippen LogP contribution >= 0.6 is 11.8 Å². The number of hydrogen-bond donors (Lipinski definition) is 2. The molecule has 0 aliphatic carbocycles. The van der Waals surface area contributed by atoms with Crippen molar-refractivity contribution in [2.24, 2.45) is 0 Å². The first-order valence-corrected chi connectivity index (χ1v) is 6.45. The van der Waals surface area contributed by atoms with Gasteiger partial charge in [0.2, 0.25) is 0 Å². The molecule has 0 amide bonds. The zero-order valence-electron chi connectivity index (χ0n) is 9.71. The van der Waals surface area contributed by atoms with Crippen molar-refractivity contribution in [2.45, 2.75) is 12.2 Å². The summed E-state index contributed by atoms with van der Waals surface area (Å²) < 4.78 is 0. The maximum atomic E-state index is 11.8. The topological polar surface area (TPSA) is 83.0 Å². The van der Waals surface area contributed by atoms with Gasteiger partial charge in [-0.1, -0.05) is 12.1 Å². The number of carboxylic acid groups (broad SMARTS) is 1. The number of aromatic nitrogens is 2. The molecule has 0 saturated heterocycles. The summed E-state index contributed by atoms with van der Waals surface area (Å²) in [4.78, 5) is 29.4. The highest BCUT2D eigenvalue weighted by atomic mass is 32.2. The van der Waals surface area contributed by atoms with Gasteiger partial charge < -0.3 is 10.1 Å². The van der Waals surface area contributed by atoms with Gasteiger partial charge in [0.05, 0.1) is 21.9 Å². The third kappa shape index (κ3) is 2.70. The quantitative estimate of drug-likeness (QED) is 0.879. The molecule has 0 aliphatic rings. The van der Waals surface area contributed by atoms with Gasteiger partial charge in [-0.15, -0.1) is 11.8 Å². The summed E-state index contributed by atoms with van der Waals surface area (Å²) in [7, 11) is 0. The van der Waals surface area contributed by atoms with Crippen molar-refractivity contribution >= 4 is 28.6 Å². The van der Waals surface area contributed by atoms with Crippen LogP contribution in [0.2, 0.25) is 0 Å². The normalized spacial score (nSPS) is 12.5. The lowest BCUT2D eigenvalue weighted by Gasteiger charge is -2.09. The predicted molar refractivity (Wildman–Crippen MR) is 70.9 cm³/mol. The van der Waals surface area contributed by atoms with Crippen LogP contribution in [0.4, 0.5) is 0 Å². The molecule has 0 aliphatic heterocycles. The average molecular weight is 264 g/mol. The first kappa shape index (κ1) is 12.6. The molecular formula is C12H12N2O3S. The SMILES string of the molecule is CC(SCC(=O)O)c1nc2ccccc2c(=O)[nH]1. The summed E-state index contributed by atoms with van der Waals surface area (Å²) in [5.41, 5.74) is 0.428. The molecule has 1 heterocycles. The van der Waals surface area contributed by atoms with Crippen LogP contribution in [0.5, 0.6) is 0 Å². The van der Waals surface area contributed by atoms with E-state index in [9.17, 15) is 9.59 Å². The Morgan fingerprint density at radius 2 is 2.22 bits per heavy atom. The fourth-order valence-electron chi connectivity index (χ4n) is 1.57. The number of carbonyl (C=O) groups is 1. The van der Waals surface area contributed by atoms with Gasteiger partial charge in [0.25, 0.3) is 5.56 Å². The van der Waals surface area contributed by atoms with Crippen LogP contribution in [0.1, 0.15) is 18.0 Å². The van der Waals surface area contributed by atoms with Gasteiger partial charge in [-0.05, 0) is 19.1 Å².